The summed E-state index contributed by atoms with van der Waals surface area (Å²) >= 11 is 0. The van der Waals surface area contributed by atoms with Crippen LogP contribution in [0.5, 0.6) is 0 Å². The van der Waals surface area contributed by atoms with Crippen molar-refractivity contribution >= 4 is 11.6 Å². The van der Waals surface area contributed by atoms with Crippen LogP contribution in [0, 0.1) is 17.0 Å². The van der Waals surface area contributed by atoms with Gasteiger partial charge in [-0.1, -0.05) is 32.8 Å². The highest BCUT2D eigenvalue weighted by molar-refractivity contribution is 5.92. The molecular weight excluding hydrogens is 274 g/mol. The Labute approximate surface area is 124 Å². The van der Waals surface area contributed by atoms with Gasteiger partial charge in [0.25, 0.3) is 0 Å². The summed E-state index contributed by atoms with van der Waals surface area (Å²) in [4.78, 5) is 11.9. The minimum absolute atomic E-state index is 0.0574. The topological polar surface area (TPSA) is 41.1 Å². The second kappa shape index (κ2) is 6.52. The molecule has 0 aliphatic heterocycles. The maximum atomic E-state index is 13.5. The summed E-state index contributed by atoms with van der Waals surface area (Å²) in [5, 5.41) is 5.51. The van der Waals surface area contributed by atoms with Crippen LogP contribution >= 0.6 is 0 Å². The predicted molar refractivity (Wildman–Crippen MR) is 79.0 cm³/mol. The van der Waals surface area contributed by atoms with Crippen LogP contribution in [0.15, 0.2) is 18.2 Å². The van der Waals surface area contributed by atoms with E-state index in [4.69, 9.17) is 0 Å². The van der Waals surface area contributed by atoms with Crippen LogP contribution in [-0.2, 0) is 4.79 Å². The van der Waals surface area contributed by atoms with E-state index in [9.17, 15) is 13.6 Å². The Bertz CT molecular complexity index is 497. The average molecular weight is 296 g/mol. The van der Waals surface area contributed by atoms with Crippen LogP contribution in [0.1, 0.15) is 39.5 Å². The Kier molecular flexibility index (Phi) is 4.93. The molecule has 0 bridgehead atoms. The van der Waals surface area contributed by atoms with Crippen LogP contribution in [0.25, 0.3) is 0 Å². The number of anilines is 1. The maximum Gasteiger partial charge on any atom is 0.238 e. The molecule has 1 aromatic carbocycles. The van der Waals surface area contributed by atoms with Crippen molar-refractivity contribution in [2.75, 3.05) is 11.9 Å². The SMILES string of the molecule is CC1(C)CCCCC1NCC(=O)Nc1c(F)cccc1F. The number of para-hydroxylation sites is 1. The Morgan fingerprint density at radius 1 is 1.29 bits per heavy atom. The molecule has 0 saturated heterocycles. The smallest absolute Gasteiger partial charge is 0.238 e. The molecule has 116 valence electrons. The third-order valence-corrected chi connectivity index (χ3v) is 4.24. The van der Waals surface area contributed by atoms with E-state index in [-0.39, 0.29) is 23.7 Å². The van der Waals surface area contributed by atoms with Gasteiger partial charge >= 0.3 is 0 Å². The lowest BCUT2D eigenvalue weighted by Gasteiger charge is -2.39. The number of carbonyl (C=O) groups is 1. The highest BCUT2D eigenvalue weighted by atomic mass is 19.1. The van der Waals surface area contributed by atoms with Gasteiger partial charge in [-0.3, -0.25) is 4.79 Å². The summed E-state index contributed by atoms with van der Waals surface area (Å²) in [6, 6.07) is 3.76. The van der Waals surface area contributed by atoms with Crippen molar-refractivity contribution in [1.29, 1.82) is 0 Å². The van der Waals surface area contributed by atoms with Gasteiger partial charge in [-0.05, 0) is 30.4 Å². The van der Waals surface area contributed by atoms with Gasteiger partial charge in [0, 0.05) is 6.04 Å². The molecule has 21 heavy (non-hydrogen) atoms. The van der Waals surface area contributed by atoms with Crippen molar-refractivity contribution in [1.82, 2.24) is 5.32 Å². The number of carbonyl (C=O) groups excluding carboxylic acids is 1. The summed E-state index contributed by atoms with van der Waals surface area (Å²) in [5.41, 5.74) is -0.242. The second-order valence-electron chi connectivity index (χ2n) is 6.31. The molecule has 5 heteroatoms. The Morgan fingerprint density at radius 2 is 1.95 bits per heavy atom. The zero-order chi connectivity index (χ0) is 15.5. The molecule has 0 aromatic heterocycles. The molecule has 3 nitrogen and oxygen atoms in total. The average Bonchev–Trinajstić information content (AvgIpc) is 2.41. The summed E-state index contributed by atoms with van der Waals surface area (Å²) in [5.74, 6) is -1.96. The van der Waals surface area contributed by atoms with Crippen molar-refractivity contribution in [2.45, 2.75) is 45.6 Å². The predicted octanol–water partition coefficient (Wildman–Crippen LogP) is 3.46. The van der Waals surface area contributed by atoms with Crippen molar-refractivity contribution in [3.63, 3.8) is 0 Å². The fourth-order valence-electron chi connectivity index (χ4n) is 2.89. The van der Waals surface area contributed by atoms with Gasteiger partial charge in [-0.2, -0.15) is 0 Å². The summed E-state index contributed by atoms with van der Waals surface area (Å²) in [6.07, 6.45) is 4.49. The highest BCUT2D eigenvalue weighted by Crippen LogP contribution is 2.35. The second-order valence-corrected chi connectivity index (χ2v) is 6.31. The first-order chi connectivity index (χ1) is 9.90. The number of hydrogen-bond acceptors (Lipinski definition) is 2. The Hall–Kier alpha value is -1.49. The zero-order valence-electron chi connectivity index (χ0n) is 12.5. The highest BCUT2D eigenvalue weighted by Gasteiger charge is 2.32. The summed E-state index contributed by atoms with van der Waals surface area (Å²) in [6.45, 7) is 4.42. The third kappa shape index (κ3) is 4.00. The van der Waals surface area contributed by atoms with E-state index in [0.29, 0.717) is 0 Å². The monoisotopic (exact) mass is 296 g/mol. The Balaban J connectivity index is 1.90. The molecule has 1 saturated carbocycles. The zero-order valence-corrected chi connectivity index (χ0v) is 12.5. The molecule has 0 spiro atoms. The third-order valence-electron chi connectivity index (χ3n) is 4.24. The molecular formula is C16H22F2N2O. The number of nitrogens with one attached hydrogen (secondary N) is 2. The fourth-order valence-corrected chi connectivity index (χ4v) is 2.89. The van der Waals surface area contributed by atoms with E-state index in [1.807, 2.05) is 0 Å². The first kappa shape index (κ1) is 15.9. The molecule has 2 N–H and O–H groups in total. The molecule has 1 aliphatic rings. The fraction of sp³-hybridized carbons (Fsp3) is 0.562. The van der Waals surface area contributed by atoms with Crippen LogP contribution in [-0.4, -0.2) is 18.5 Å². The normalized spacial score (nSPS) is 21.0. The van der Waals surface area contributed by atoms with Gasteiger partial charge in [-0.15, -0.1) is 0 Å². The molecule has 2 rings (SSSR count). The molecule has 1 amide bonds. The van der Waals surface area contributed by atoms with Crippen molar-refractivity contribution in [2.24, 2.45) is 5.41 Å². The molecule has 1 unspecified atom stereocenters. The molecule has 1 atom stereocenters. The van der Waals surface area contributed by atoms with E-state index >= 15 is 0 Å². The number of hydrogen-bond donors (Lipinski definition) is 2. The van der Waals surface area contributed by atoms with Gasteiger partial charge in [0.15, 0.2) is 0 Å². The van der Waals surface area contributed by atoms with Gasteiger partial charge < -0.3 is 10.6 Å². The molecule has 1 fully saturated rings. The van der Waals surface area contributed by atoms with E-state index in [1.54, 1.807) is 0 Å². The number of amides is 1. The van der Waals surface area contributed by atoms with Crippen LogP contribution in [0.4, 0.5) is 14.5 Å². The van der Waals surface area contributed by atoms with Crippen LogP contribution < -0.4 is 10.6 Å². The van der Waals surface area contributed by atoms with Crippen molar-refractivity contribution in [3.05, 3.63) is 29.8 Å². The lowest BCUT2D eigenvalue weighted by molar-refractivity contribution is -0.115. The summed E-state index contributed by atoms with van der Waals surface area (Å²) in [7, 11) is 0. The van der Waals surface area contributed by atoms with Crippen molar-refractivity contribution in [3.8, 4) is 0 Å². The minimum atomic E-state index is -0.763. The van der Waals surface area contributed by atoms with Crippen LogP contribution in [0.2, 0.25) is 0 Å². The molecule has 0 radical (unpaired) electrons. The minimum Gasteiger partial charge on any atom is -0.320 e. The van der Waals surface area contributed by atoms with Gasteiger partial charge in [0.05, 0.1) is 6.54 Å². The van der Waals surface area contributed by atoms with E-state index in [2.05, 4.69) is 24.5 Å². The van der Waals surface area contributed by atoms with Crippen molar-refractivity contribution < 1.29 is 13.6 Å². The van der Waals surface area contributed by atoms with E-state index in [1.165, 1.54) is 12.5 Å². The lowest BCUT2D eigenvalue weighted by Crippen LogP contribution is -2.46. The number of halogens is 2. The maximum absolute atomic E-state index is 13.5. The molecule has 0 heterocycles. The summed E-state index contributed by atoms with van der Waals surface area (Å²) < 4.78 is 26.9. The van der Waals surface area contributed by atoms with Gasteiger partial charge in [0.1, 0.15) is 17.3 Å². The lowest BCUT2D eigenvalue weighted by atomic mass is 9.73. The van der Waals surface area contributed by atoms with E-state index in [0.717, 1.165) is 31.4 Å². The largest absolute Gasteiger partial charge is 0.320 e. The quantitative estimate of drug-likeness (QED) is 0.893. The first-order valence-corrected chi connectivity index (χ1v) is 7.37. The number of benzene rings is 1. The van der Waals surface area contributed by atoms with E-state index < -0.39 is 17.5 Å². The first-order valence-electron chi connectivity index (χ1n) is 7.37. The van der Waals surface area contributed by atoms with Gasteiger partial charge in [0.2, 0.25) is 5.91 Å². The molecule has 1 aromatic rings. The Morgan fingerprint density at radius 3 is 2.57 bits per heavy atom. The molecule has 1 aliphatic carbocycles. The van der Waals surface area contributed by atoms with Gasteiger partial charge in [-0.25, -0.2) is 8.78 Å². The number of rotatable bonds is 4. The standard InChI is InChI=1S/C16H22F2N2O/c1-16(2)9-4-3-8-13(16)19-10-14(21)20-15-11(17)6-5-7-12(15)18/h5-7,13,19H,3-4,8-10H2,1-2H3,(H,20,21). The van der Waals surface area contributed by atoms with Crippen LogP contribution in [0.3, 0.4) is 0 Å².